The molecule has 2 aromatic rings. The predicted molar refractivity (Wildman–Crippen MR) is 73.4 cm³/mol. The van der Waals surface area contributed by atoms with Crippen molar-refractivity contribution >= 4 is 17.3 Å². The number of benzene rings is 2. The van der Waals surface area contributed by atoms with Crippen molar-refractivity contribution in [1.29, 1.82) is 0 Å². The fraction of sp³-hybridized carbons (Fsp3) is 0.0714. The summed E-state index contributed by atoms with van der Waals surface area (Å²) < 4.78 is 13.5. The van der Waals surface area contributed by atoms with E-state index in [-0.39, 0.29) is 12.2 Å². The second kappa shape index (κ2) is 6.10. The number of nitro benzene ring substituents is 1. The molecule has 0 bridgehead atoms. The molecule has 2 N–H and O–H groups in total. The summed E-state index contributed by atoms with van der Waals surface area (Å²) in [6, 6.07) is 9.49. The molecule has 0 aromatic heterocycles. The molecule has 7 heteroatoms. The van der Waals surface area contributed by atoms with Gasteiger partial charge in [-0.25, -0.2) is 0 Å². The van der Waals surface area contributed by atoms with Crippen LogP contribution in [0.15, 0.2) is 42.5 Å². The van der Waals surface area contributed by atoms with E-state index in [2.05, 4.69) is 5.32 Å². The third kappa shape index (κ3) is 3.21. The number of para-hydroxylation sites is 1. The second-order valence-corrected chi connectivity index (χ2v) is 4.19. The highest BCUT2D eigenvalue weighted by atomic mass is 19.1. The summed E-state index contributed by atoms with van der Waals surface area (Å²) in [6.45, 7) is -0.259. The van der Waals surface area contributed by atoms with Crippen molar-refractivity contribution in [2.24, 2.45) is 0 Å². The van der Waals surface area contributed by atoms with E-state index < -0.39 is 22.3 Å². The first-order valence-electron chi connectivity index (χ1n) is 5.97. The lowest BCUT2D eigenvalue weighted by molar-refractivity contribution is -0.387. The monoisotopic (exact) mass is 290 g/mol. The fourth-order valence-corrected chi connectivity index (χ4v) is 1.77. The van der Waals surface area contributed by atoms with Crippen LogP contribution in [0.1, 0.15) is 15.9 Å². The summed E-state index contributed by atoms with van der Waals surface area (Å²) in [5.41, 5.74) is 0.158. The summed E-state index contributed by atoms with van der Waals surface area (Å²) in [5, 5.41) is 22.2. The Hall–Kier alpha value is -2.80. The number of hydrogen-bond donors (Lipinski definition) is 2. The first-order chi connectivity index (χ1) is 10.0. The van der Waals surface area contributed by atoms with E-state index in [4.69, 9.17) is 5.11 Å². The minimum absolute atomic E-state index is 0.0501. The zero-order valence-electron chi connectivity index (χ0n) is 10.7. The highest BCUT2D eigenvalue weighted by molar-refractivity contribution is 6.04. The van der Waals surface area contributed by atoms with Gasteiger partial charge in [0.25, 0.3) is 5.91 Å². The molecule has 0 spiro atoms. The van der Waals surface area contributed by atoms with Crippen LogP contribution in [-0.2, 0) is 6.61 Å². The van der Waals surface area contributed by atoms with Gasteiger partial charge in [0.05, 0.1) is 11.5 Å². The number of carbonyl (C=O) groups is 1. The lowest BCUT2D eigenvalue weighted by Gasteiger charge is -2.09. The van der Waals surface area contributed by atoms with Crippen LogP contribution >= 0.6 is 0 Å². The number of aliphatic hydroxyl groups excluding tert-OH is 1. The van der Waals surface area contributed by atoms with E-state index in [9.17, 15) is 19.3 Å². The molecule has 2 rings (SSSR count). The maximum Gasteiger partial charge on any atom is 0.304 e. The number of halogens is 1. The van der Waals surface area contributed by atoms with E-state index >= 15 is 0 Å². The molecule has 0 radical (unpaired) electrons. The lowest BCUT2D eigenvalue weighted by atomic mass is 10.1. The molecule has 0 aliphatic rings. The molecular formula is C14H11FN2O4. The summed E-state index contributed by atoms with van der Waals surface area (Å²) in [5.74, 6) is -1.70. The number of anilines is 1. The minimum Gasteiger partial charge on any atom is -0.392 e. The zero-order chi connectivity index (χ0) is 15.4. The standard InChI is InChI=1S/C14H11FN2O4/c15-11-7-9(5-6-13(11)17(20)21)14(19)16-12-4-2-1-3-10(12)8-18/h1-7,18H,8H2,(H,16,19). The van der Waals surface area contributed by atoms with Crippen LogP contribution < -0.4 is 5.32 Å². The van der Waals surface area contributed by atoms with Crippen molar-refractivity contribution in [3.63, 3.8) is 0 Å². The maximum absolute atomic E-state index is 13.5. The van der Waals surface area contributed by atoms with Crippen molar-refractivity contribution in [3.05, 3.63) is 69.5 Å². The number of nitro groups is 1. The lowest BCUT2D eigenvalue weighted by Crippen LogP contribution is -2.13. The third-order valence-electron chi connectivity index (χ3n) is 2.84. The van der Waals surface area contributed by atoms with Crippen LogP contribution in [-0.4, -0.2) is 15.9 Å². The Morgan fingerprint density at radius 3 is 2.62 bits per heavy atom. The first-order valence-corrected chi connectivity index (χ1v) is 5.97. The Labute approximate surface area is 119 Å². The second-order valence-electron chi connectivity index (χ2n) is 4.19. The number of nitrogens with zero attached hydrogens (tertiary/aromatic N) is 1. The Kier molecular flexibility index (Phi) is 4.24. The topological polar surface area (TPSA) is 92.5 Å². The molecule has 108 valence electrons. The smallest absolute Gasteiger partial charge is 0.304 e. The highest BCUT2D eigenvalue weighted by Crippen LogP contribution is 2.20. The van der Waals surface area contributed by atoms with Gasteiger partial charge in [-0.3, -0.25) is 14.9 Å². The van der Waals surface area contributed by atoms with Crippen LogP contribution in [0.5, 0.6) is 0 Å². The quantitative estimate of drug-likeness (QED) is 0.668. The number of carbonyl (C=O) groups excluding carboxylic acids is 1. The molecule has 0 aliphatic heterocycles. The number of amides is 1. The molecule has 0 fully saturated rings. The molecule has 0 unspecified atom stereocenters. The average molecular weight is 290 g/mol. The van der Waals surface area contributed by atoms with Crippen molar-refractivity contribution in [1.82, 2.24) is 0 Å². The normalized spacial score (nSPS) is 10.2. The molecule has 0 heterocycles. The highest BCUT2D eigenvalue weighted by Gasteiger charge is 2.17. The summed E-state index contributed by atoms with van der Waals surface area (Å²) in [6.07, 6.45) is 0. The van der Waals surface area contributed by atoms with Crippen molar-refractivity contribution in [3.8, 4) is 0 Å². The van der Waals surface area contributed by atoms with Crippen molar-refractivity contribution in [2.75, 3.05) is 5.32 Å². The first kappa shape index (κ1) is 14.6. The fourth-order valence-electron chi connectivity index (χ4n) is 1.77. The number of rotatable bonds is 4. The van der Waals surface area contributed by atoms with Gasteiger partial charge in [0.1, 0.15) is 0 Å². The van der Waals surface area contributed by atoms with Gasteiger partial charge in [-0.2, -0.15) is 4.39 Å². The Balaban J connectivity index is 2.25. The van der Waals surface area contributed by atoms with Gasteiger partial charge in [-0.1, -0.05) is 18.2 Å². The van der Waals surface area contributed by atoms with E-state index in [1.54, 1.807) is 24.3 Å². The molecule has 21 heavy (non-hydrogen) atoms. The van der Waals surface area contributed by atoms with Crippen LogP contribution in [0.4, 0.5) is 15.8 Å². The molecule has 0 aliphatic carbocycles. The van der Waals surface area contributed by atoms with Gasteiger partial charge in [0, 0.05) is 22.9 Å². The van der Waals surface area contributed by atoms with E-state index in [0.717, 1.165) is 18.2 Å². The van der Waals surface area contributed by atoms with E-state index in [1.807, 2.05) is 0 Å². The molecule has 6 nitrogen and oxygen atoms in total. The van der Waals surface area contributed by atoms with E-state index in [1.165, 1.54) is 0 Å². The Morgan fingerprint density at radius 1 is 1.29 bits per heavy atom. The molecule has 0 saturated carbocycles. The van der Waals surface area contributed by atoms with Crippen LogP contribution in [0.25, 0.3) is 0 Å². The number of nitrogens with one attached hydrogen (secondary N) is 1. The van der Waals surface area contributed by atoms with Crippen LogP contribution in [0.3, 0.4) is 0 Å². The molecule has 2 aromatic carbocycles. The van der Waals surface area contributed by atoms with Gasteiger partial charge >= 0.3 is 5.69 Å². The van der Waals surface area contributed by atoms with Crippen LogP contribution in [0.2, 0.25) is 0 Å². The summed E-state index contributed by atoms with van der Waals surface area (Å²) >= 11 is 0. The van der Waals surface area contributed by atoms with Gasteiger partial charge in [0.15, 0.2) is 0 Å². The minimum atomic E-state index is -1.08. The predicted octanol–water partition coefficient (Wildman–Crippen LogP) is 2.48. The van der Waals surface area contributed by atoms with Crippen molar-refractivity contribution in [2.45, 2.75) is 6.61 Å². The SMILES string of the molecule is O=C(Nc1ccccc1CO)c1ccc([N+](=O)[O-])c(F)c1. The van der Waals surface area contributed by atoms with Crippen LogP contribution in [0, 0.1) is 15.9 Å². The maximum atomic E-state index is 13.5. The molecular weight excluding hydrogens is 279 g/mol. The Bertz CT molecular complexity index is 703. The average Bonchev–Trinajstić information content (AvgIpc) is 2.47. The summed E-state index contributed by atoms with van der Waals surface area (Å²) in [7, 11) is 0. The third-order valence-corrected chi connectivity index (χ3v) is 2.84. The Morgan fingerprint density at radius 2 is 2.00 bits per heavy atom. The number of hydrogen-bond acceptors (Lipinski definition) is 4. The molecule has 1 amide bonds. The number of aliphatic hydroxyl groups is 1. The van der Waals surface area contributed by atoms with Gasteiger partial charge in [-0.05, 0) is 18.2 Å². The molecule has 0 atom stereocenters. The largest absolute Gasteiger partial charge is 0.392 e. The zero-order valence-corrected chi connectivity index (χ0v) is 10.7. The molecule has 0 saturated heterocycles. The summed E-state index contributed by atoms with van der Waals surface area (Å²) in [4.78, 5) is 21.6. The van der Waals surface area contributed by atoms with Crippen molar-refractivity contribution < 1.29 is 19.2 Å². The van der Waals surface area contributed by atoms with Gasteiger partial charge in [0.2, 0.25) is 5.82 Å². The van der Waals surface area contributed by atoms with Gasteiger partial charge < -0.3 is 10.4 Å². The van der Waals surface area contributed by atoms with E-state index in [0.29, 0.717) is 11.3 Å². The van der Waals surface area contributed by atoms with Gasteiger partial charge in [-0.15, -0.1) is 0 Å².